The lowest BCUT2D eigenvalue weighted by atomic mass is 10.2. The predicted molar refractivity (Wildman–Crippen MR) is 68.5 cm³/mol. The molecule has 98 valence electrons. The first-order chi connectivity index (χ1) is 8.41. The number of carbonyl (C=O) groups is 2. The van der Waals surface area contributed by atoms with Gasteiger partial charge in [-0.25, -0.2) is 4.79 Å². The van der Waals surface area contributed by atoms with Gasteiger partial charge in [-0.2, -0.15) is 0 Å². The summed E-state index contributed by atoms with van der Waals surface area (Å²) < 4.78 is 0. The van der Waals surface area contributed by atoms with Crippen LogP contribution in [0, 0.1) is 0 Å². The first-order valence-electron chi connectivity index (χ1n) is 5.39. The summed E-state index contributed by atoms with van der Waals surface area (Å²) in [6, 6.07) is 5.80. The average Bonchev–Trinajstić information content (AvgIpc) is 2.31. The highest BCUT2D eigenvalue weighted by Gasteiger charge is 2.17. The summed E-state index contributed by atoms with van der Waals surface area (Å²) in [4.78, 5) is 23.7. The molecule has 0 unspecified atom stereocenters. The molecule has 0 fully saturated rings. The number of nitrogens with one attached hydrogen (secondary N) is 1. The smallest absolute Gasteiger partial charge is 0.325 e. The molecule has 0 aliphatic carbocycles. The summed E-state index contributed by atoms with van der Waals surface area (Å²) in [5.74, 6) is -1.07. The Balaban J connectivity index is 2.60. The van der Waals surface area contributed by atoms with Gasteiger partial charge in [0, 0.05) is 18.6 Å². The van der Waals surface area contributed by atoms with Crippen molar-refractivity contribution < 1.29 is 14.7 Å². The van der Waals surface area contributed by atoms with Gasteiger partial charge in [0.25, 0.3) is 0 Å². The van der Waals surface area contributed by atoms with Gasteiger partial charge in [-0.15, -0.1) is 0 Å². The van der Waals surface area contributed by atoms with E-state index in [2.05, 4.69) is 5.32 Å². The molecular weight excluding hydrogens is 256 g/mol. The van der Waals surface area contributed by atoms with Crippen molar-refractivity contribution in [2.75, 3.05) is 7.05 Å². The van der Waals surface area contributed by atoms with E-state index in [0.29, 0.717) is 11.6 Å². The van der Waals surface area contributed by atoms with Crippen LogP contribution in [0.4, 0.5) is 4.79 Å². The number of amides is 2. The van der Waals surface area contributed by atoms with E-state index >= 15 is 0 Å². The van der Waals surface area contributed by atoms with Crippen molar-refractivity contribution in [1.82, 2.24) is 10.2 Å². The minimum Gasteiger partial charge on any atom is -0.480 e. The summed E-state index contributed by atoms with van der Waals surface area (Å²) in [6.07, 6.45) is 0. The molecule has 0 aromatic heterocycles. The normalized spacial score (nSPS) is 11.7. The molecule has 2 amide bonds. The highest BCUT2D eigenvalue weighted by molar-refractivity contribution is 6.31. The van der Waals surface area contributed by atoms with E-state index in [1.54, 1.807) is 19.2 Å². The zero-order chi connectivity index (χ0) is 13.7. The third kappa shape index (κ3) is 3.92. The highest BCUT2D eigenvalue weighted by atomic mass is 35.5. The fourth-order valence-electron chi connectivity index (χ4n) is 1.31. The molecule has 0 saturated heterocycles. The lowest BCUT2D eigenvalue weighted by Gasteiger charge is -2.20. The van der Waals surface area contributed by atoms with Gasteiger partial charge in [0.1, 0.15) is 6.04 Å². The second kappa shape index (κ2) is 6.26. The van der Waals surface area contributed by atoms with Crippen LogP contribution in [0.1, 0.15) is 12.5 Å². The van der Waals surface area contributed by atoms with Crippen LogP contribution in [-0.4, -0.2) is 35.1 Å². The molecule has 0 aliphatic rings. The van der Waals surface area contributed by atoms with Crippen molar-refractivity contribution >= 4 is 23.6 Å². The Morgan fingerprint density at radius 1 is 1.44 bits per heavy atom. The largest absolute Gasteiger partial charge is 0.480 e. The summed E-state index contributed by atoms with van der Waals surface area (Å²) in [7, 11) is 1.58. The Morgan fingerprint density at radius 2 is 2.06 bits per heavy atom. The van der Waals surface area contributed by atoms with Crippen LogP contribution in [0.2, 0.25) is 5.02 Å². The molecule has 0 aliphatic heterocycles. The summed E-state index contributed by atoms with van der Waals surface area (Å²) in [5, 5.41) is 11.6. The average molecular weight is 271 g/mol. The van der Waals surface area contributed by atoms with Crippen molar-refractivity contribution in [2.24, 2.45) is 0 Å². The number of halogens is 1. The van der Waals surface area contributed by atoms with Crippen molar-refractivity contribution in [3.05, 3.63) is 34.9 Å². The summed E-state index contributed by atoms with van der Waals surface area (Å²) in [6.45, 7) is 1.72. The van der Waals surface area contributed by atoms with E-state index in [9.17, 15) is 9.59 Å². The van der Waals surface area contributed by atoms with Gasteiger partial charge in [-0.05, 0) is 18.6 Å². The maximum absolute atomic E-state index is 11.7. The first kappa shape index (κ1) is 14.3. The quantitative estimate of drug-likeness (QED) is 0.879. The maximum Gasteiger partial charge on any atom is 0.325 e. The Bertz CT molecular complexity index is 451. The number of carbonyl (C=O) groups excluding carboxylic acids is 1. The molecule has 6 heteroatoms. The zero-order valence-corrected chi connectivity index (χ0v) is 10.9. The van der Waals surface area contributed by atoms with Crippen LogP contribution in [-0.2, 0) is 11.3 Å². The van der Waals surface area contributed by atoms with Crippen LogP contribution < -0.4 is 5.32 Å². The molecule has 0 saturated carbocycles. The van der Waals surface area contributed by atoms with E-state index < -0.39 is 18.0 Å². The number of aliphatic carboxylic acids is 1. The SMILES string of the molecule is C[C@@H](NC(=O)N(C)Cc1ccccc1Cl)C(=O)O. The molecular formula is C12H15ClN2O3. The second-order valence-corrected chi connectivity index (χ2v) is 4.36. The zero-order valence-electron chi connectivity index (χ0n) is 10.2. The Hall–Kier alpha value is -1.75. The van der Waals surface area contributed by atoms with E-state index in [0.717, 1.165) is 5.56 Å². The van der Waals surface area contributed by atoms with Crippen molar-refractivity contribution in [2.45, 2.75) is 19.5 Å². The maximum atomic E-state index is 11.7. The highest BCUT2D eigenvalue weighted by Crippen LogP contribution is 2.16. The molecule has 1 aromatic carbocycles. The van der Waals surface area contributed by atoms with Crippen LogP contribution in [0.15, 0.2) is 24.3 Å². The molecule has 18 heavy (non-hydrogen) atoms. The van der Waals surface area contributed by atoms with Gasteiger partial charge in [0.15, 0.2) is 0 Å². The van der Waals surface area contributed by atoms with Crippen LogP contribution in [0.25, 0.3) is 0 Å². The van der Waals surface area contributed by atoms with Crippen LogP contribution >= 0.6 is 11.6 Å². The fraction of sp³-hybridized carbons (Fsp3) is 0.333. The van der Waals surface area contributed by atoms with Crippen molar-refractivity contribution in [3.63, 3.8) is 0 Å². The predicted octanol–water partition coefficient (Wildman–Crippen LogP) is 1.95. The summed E-state index contributed by atoms with van der Waals surface area (Å²) >= 11 is 5.98. The standard InChI is InChI=1S/C12H15ClN2O3/c1-8(11(16)17)14-12(18)15(2)7-9-5-3-4-6-10(9)13/h3-6,8H,7H2,1-2H3,(H,14,18)(H,16,17)/t8-/m1/s1. The minimum atomic E-state index is -1.07. The van der Waals surface area contributed by atoms with Gasteiger partial charge >= 0.3 is 12.0 Å². The topological polar surface area (TPSA) is 69.6 Å². The van der Waals surface area contributed by atoms with Gasteiger partial charge in [-0.3, -0.25) is 4.79 Å². The van der Waals surface area contributed by atoms with Crippen molar-refractivity contribution in [1.29, 1.82) is 0 Å². The van der Waals surface area contributed by atoms with Gasteiger partial charge in [-0.1, -0.05) is 29.8 Å². The monoisotopic (exact) mass is 270 g/mol. The molecule has 2 N–H and O–H groups in total. The molecule has 5 nitrogen and oxygen atoms in total. The van der Waals surface area contributed by atoms with E-state index in [-0.39, 0.29) is 0 Å². The molecule has 0 radical (unpaired) electrons. The Morgan fingerprint density at radius 3 is 2.61 bits per heavy atom. The minimum absolute atomic E-state index is 0.317. The number of hydrogen-bond acceptors (Lipinski definition) is 2. The van der Waals surface area contributed by atoms with Gasteiger partial charge < -0.3 is 15.3 Å². The Kier molecular flexibility index (Phi) is 4.97. The number of urea groups is 1. The second-order valence-electron chi connectivity index (χ2n) is 3.96. The van der Waals surface area contributed by atoms with Crippen LogP contribution in [0.3, 0.4) is 0 Å². The number of benzene rings is 1. The third-order valence-corrected chi connectivity index (χ3v) is 2.79. The van der Waals surface area contributed by atoms with Gasteiger partial charge in [0.2, 0.25) is 0 Å². The molecule has 0 bridgehead atoms. The van der Waals surface area contributed by atoms with E-state index in [4.69, 9.17) is 16.7 Å². The van der Waals surface area contributed by atoms with Gasteiger partial charge in [0.05, 0.1) is 0 Å². The number of carboxylic acid groups (broad SMARTS) is 1. The fourth-order valence-corrected chi connectivity index (χ4v) is 1.51. The van der Waals surface area contributed by atoms with Crippen LogP contribution in [0.5, 0.6) is 0 Å². The number of hydrogen-bond donors (Lipinski definition) is 2. The van der Waals surface area contributed by atoms with E-state index in [1.165, 1.54) is 11.8 Å². The molecule has 0 spiro atoms. The molecule has 1 atom stereocenters. The Labute approximate surface area is 110 Å². The third-order valence-electron chi connectivity index (χ3n) is 2.42. The lowest BCUT2D eigenvalue weighted by molar-refractivity contribution is -0.138. The number of nitrogens with zero attached hydrogens (tertiary/aromatic N) is 1. The molecule has 1 aromatic rings. The van der Waals surface area contributed by atoms with E-state index in [1.807, 2.05) is 12.1 Å². The van der Waals surface area contributed by atoms with Crippen molar-refractivity contribution in [3.8, 4) is 0 Å². The lowest BCUT2D eigenvalue weighted by Crippen LogP contribution is -2.44. The molecule has 1 rings (SSSR count). The first-order valence-corrected chi connectivity index (χ1v) is 5.77. The summed E-state index contributed by atoms with van der Waals surface area (Å²) in [5.41, 5.74) is 0.805. The number of rotatable bonds is 4. The number of carboxylic acids is 1. The molecule has 0 heterocycles.